The van der Waals surface area contributed by atoms with Crippen LogP contribution >= 0.6 is 0 Å². The van der Waals surface area contributed by atoms with Crippen LogP contribution in [-0.4, -0.2) is 34.3 Å². The van der Waals surface area contributed by atoms with Gasteiger partial charge in [0.2, 0.25) is 5.91 Å². The van der Waals surface area contributed by atoms with E-state index < -0.39 is 0 Å². The van der Waals surface area contributed by atoms with Crippen molar-refractivity contribution in [1.82, 2.24) is 0 Å². The molecule has 0 saturated heterocycles. The lowest BCUT2D eigenvalue weighted by molar-refractivity contribution is -0.111. The molecule has 0 aliphatic carbocycles. The molecule has 0 saturated carbocycles. The van der Waals surface area contributed by atoms with Crippen molar-refractivity contribution in [1.29, 1.82) is 0 Å². The third kappa shape index (κ3) is 4.94. The summed E-state index contributed by atoms with van der Waals surface area (Å²) in [6, 6.07) is 16.7. The maximum absolute atomic E-state index is 12.7. The van der Waals surface area contributed by atoms with Crippen LogP contribution in [0.5, 0.6) is 23.0 Å². The third-order valence-electron chi connectivity index (χ3n) is 5.70. The van der Waals surface area contributed by atoms with Crippen LogP contribution in [0.25, 0.3) is 27.7 Å². The fraction of sp³-hybridized carbons (Fsp3) is 0.179. The average Bonchev–Trinajstić information content (AvgIpc) is 3.30. The maximum Gasteiger partial charge on any atom is 0.248 e. The summed E-state index contributed by atoms with van der Waals surface area (Å²) in [6.07, 6.45) is 3.24. The van der Waals surface area contributed by atoms with Crippen LogP contribution < -0.4 is 24.3 Å². The molecule has 0 spiro atoms. The molecule has 0 atom stereocenters. The molecule has 1 heterocycles. The minimum atomic E-state index is -0.259. The first-order valence-electron chi connectivity index (χ1n) is 10.9. The number of carbonyl (C=O) groups is 1. The number of amides is 1. The van der Waals surface area contributed by atoms with E-state index in [-0.39, 0.29) is 5.91 Å². The molecule has 1 N–H and O–H groups in total. The van der Waals surface area contributed by atoms with Gasteiger partial charge in [-0.1, -0.05) is 12.1 Å². The molecular weight excluding hydrogens is 446 g/mol. The lowest BCUT2D eigenvalue weighted by Crippen LogP contribution is -2.08. The Morgan fingerprint density at radius 3 is 2.34 bits per heavy atom. The van der Waals surface area contributed by atoms with E-state index in [0.29, 0.717) is 34.3 Å². The van der Waals surface area contributed by atoms with Gasteiger partial charge in [0.05, 0.1) is 34.7 Å². The Hall–Kier alpha value is -4.39. The topological polar surface area (TPSA) is 79.2 Å². The van der Waals surface area contributed by atoms with E-state index in [4.69, 9.17) is 23.4 Å². The van der Waals surface area contributed by atoms with Crippen molar-refractivity contribution in [2.45, 2.75) is 6.92 Å². The monoisotopic (exact) mass is 473 g/mol. The Balaban J connectivity index is 1.71. The summed E-state index contributed by atoms with van der Waals surface area (Å²) in [5.74, 6) is 2.28. The van der Waals surface area contributed by atoms with Gasteiger partial charge in [-0.05, 0) is 48.4 Å². The van der Waals surface area contributed by atoms with Gasteiger partial charge in [0.25, 0.3) is 0 Å². The Morgan fingerprint density at radius 2 is 1.63 bits per heavy atom. The number of ether oxygens (including phenoxy) is 4. The number of anilines is 1. The minimum Gasteiger partial charge on any atom is -0.497 e. The molecule has 1 amide bonds. The molecule has 0 aliphatic heterocycles. The zero-order chi connectivity index (χ0) is 24.9. The molecule has 0 aliphatic rings. The summed E-state index contributed by atoms with van der Waals surface area (Å²) >= 11 is 0. The fourth-order valence-electron chi connectivity index (χ4n) is 3.91. The molecular formula is C28H27NO6. The number of methoxy groups -OCH3 is 4. The highest BCUT2D eigenvalue weighted by molar-refractivity contribution is 6.05. The quantitative estimate of drug-likeness (QED) is 0.308. The van der Waals surface area contributed by atoms with Crippen molar-refractivity contribution in [2.75, 3.05) is 33.8 Å². The molecule has 7 nitrogen and oxygen atoms in total. The van der Waals surface area contributed by atoms with Crippen LogP contribution in [0.15, 0.2) is 71.4 Å². The second kappa shape index (κ2) is 10.3. The van der Waals surface area contributed by atoms with E-state index in [1.165, 1.54) is 0 Å². The number of hydrogen-bond donors (Lipinski definition) is 1. The number of carbonyl (C=O) groups excluding carboxylic acids is 1. The van der Waals surface area contributed by atoms with Gasteiger partial charge >= 0.3 is 0 Å². The van der Waals surface area contributed by atoms with Crippen LogP contribution in [0.2, 0.25) is 0 Å². The fourth-order valence-corrected chi connectivity index (χ4v) is 3.91. The number of nitrogens with one attached hydrogen (secondary N) is 1. The zero-order valence-corrected chi connectivity index (χ0v) is 20.3. The van der Waals surface area contributed by atoms with Crippen LogP contribution in [0.1, 0.15) is 12.5 Å². The van der Waals surface area contributed by atoms with Crippen molar-refractivity contribution >= 4 is 28.1 Å². The number of hydrogen-bond acceptors (Lipinski definition) is 6. The second-order valence-corrected chi connectivity index (χ2v) is 7.82. The second-order valence-electron chi connectivity index (χ2n) is 7.82. The smallest absolute Gasteiger partial charge is 0.248 e. The maximum atomic E-state index is 12.7. The summed E-state index contributed by atoms with van der Waals surface area (Å²) < 4.78 is 27.5. The van der Waals surface area contributed by atoms with E-state index in [1.54, 1.807) is 52.9 Å². The van der Waals surface area contributed by atoms with Gasteiger partial charge in [0.1, 0.15) is 17.1 Å². The normalized spacial score (nSPS) is 11.3. The van der Waals surface area contributed by atoms with Gasteiger partial charge in [-0.3, -0.25) is 4.79 Å². The Labute approximate surface area is 203 Å². The molecule has 0 fully saturated rings. The van der Waals surface area contributed by atoms with Crippen LogP contribution in [-0.2, 0) is 4.79 Å². The molecule has 0 unspecified atom stereocenters. The van der Waals surface area contributed by atoms with E-state index in [0.717, 1.165) is 27.6 Å². The van der Waals surface area contributed by atoms with Crippen LogP contribution in [0.3, 0.4) is 0 Å². The first kappa shape index (κ1) is 23.8. The van der Waals surface area contributed by atoms with E-state index >= 15 is 0 Å². The summed E-state index contributed by atoms with van der Waals surface area (Å²) in [5.41, 5.74) is 4.64. The van der Waals surface area contributed by atoms with Crippen molar-refractivity contribution in [2.24, 2.45) is 0 Å². The van der Waals surface area contributed by atoms with Gasteiger partial charge < -0.3 is 28.7 Å². The SMILES string of the molecule is COc1cccc(NC(=O)/C=C(\C)c2cc3c(-c4ccc(OC)c(OC)c4)coc3cc2OC)c1. The molecule has 0 bridgehead atoms. The molecule has 7 heteroatoms. The standard InChI is InChI=1S/C28H27NO6/c1-17(11-28(30)29-19-7-6-8-20(13-19)31-2)21-14-22-23(16-35-26(22)15-25(21)33-4)18-9-10-24(32-3)27(12-18)34-5/h6-16H,1-5H3,(H,29,30)/b17-11+. The molecule has 3 aromatic carbocycles. The number of fused-ring (bicyclic) bond motifs is 1. The third-order valence-corrected chi connectivity index (χ3v) is 5.70. The van der Waals surface area contributed by atoms with Gasteiger partial charge in [-0.15, -0.1) is 0 Å². The summed E-state index contributed by atoms with van der Waals surface area (Å²) in [4.78, 5) is 12.7. The Bertz CT molecular complexity index is 1400. The predicted octanol–water partition coefficient (Wildman–Crippen LogP) is 6.18. The van der Waals surface area contributed by atoms with Gasteiger partial charge in [0, 0.05) is 40.4 Å². The number of furan rings is 1. The number of rotatable bonds is 8. The van der Waals surface area contributed by atoms with Crippen molar-refractivity contribution < 1.29 is 28.2 Å². The summed E-state index contributed by atoms with van der Waals surface area (Å²) in [6.45, 7) is 1.87. The van der Waals surface area contributed by atoms with E-state index in [9.17, 15) is 4.79 Å². The molecule has 180 valence electrons. The zero-order valence-electron chi connectivity index (χ0n) is 20.3. The van der Waals surface area contributed by atoms with Crippen molar-refractivity contribution in [3.8, 4) is 34.1 Å². The van der Waals surface area contributed by atoms with Gasteiger partial charge in [0.15, 0.2) is 11.5 Å². The molecule has 4 aromatic rings. The first-order valence-corrected chi connectivity index (χ1v) is 10.9. The van der Waals surface area contributed by atoms with Crippen molar-refractivity contribution in [3.05, 3.63) is 72.5 Å². The van der Waals surface area contributed by atoms with Crippen molar-refractivity contribution in [3.63, 3.8) is 0 Å². The summed E-state index contributed by atoms with van der Waals surface area (Å²) in [7, 11) is 6.37. The van der Waals surface area contributed by atoms with Crippen LogP contribution in [0, 0.1) is 0 Å². The number of allylic oxidation sites excluding steroid dienone is 1. The lowest BCUT2D eigenvalue weighted by atomic mass is 9.99. The highest BCUT2D eigenvalue weighted by Gasteiger charge is 2.16. The summed E-state index contributed by atoms with van der Waals surface area (Å²) in [5, 5.41) is 3.75. The predicted molar refractivity (Wildman–Crippen MR) is 137 cm³/mol. The Morgan fingerprint density at radius 1 is 0.857 bits per heavy atom. The lowest BCUT2D eigenvalue weighted by Gasteiger charge is -2.11. The Kier molecular flexibility index (Phi) is 6.96. The van der Waals surface area contributed by atoms with Gasteiger partial charge in [-0.25, -0.2) is 0 Å². The largest absolute Gasteiger partial charge is 0.497 e. The molecule has 0 radical (unpaired) electrons. The highest BCUT2D eigenvalue weighted by Crippen LogP contribution is 2.39. The van der Waals surface area contributed by atoms with E-state index in [2.05, 4.69) is 5.32 Å². The molecule has 35 heavy (non-hydrogen) atoms. The van der Waals surface area contributed by atoms with Crippen LogP contribution in [0.4, 0.5) is 5.69 Å². The first-order chi connectivity index (χ1) is 17.0. The average molecular weight is 474 g/mol. The molecule has 1 aromatic heterocycles. The molecule has 4 rings (SSSR count). The van der Waals surface area contributed by atoms with Gasteiger partial charge in [-0.2, -0.15) is 0 Å². The minimum absolute atomic E-state index is 0.259. The highest BCUT2D eigenvalue weighted by atomic mass is 16.5. The number of benzene rings is 3. The van der Waals surface area contributed by atoms with E-state index in [1.807, 2.05) is 49.4 Å².